The second-order valence-corrected chi connectivity index (χ2v) is 8.27. The number of piperidine rings is 1. The Labute approximate surface area is 159 Å². The van der Waals surface area contributed by atoms with Crippen molar-refractivity contribution in [2.45, 2.75) is 31.7 Å². The van der Waals surface area contributed by atoms with E-state index in [0.29, 0.717) is 12.0 Å². The van der Waals surface area contributed by atoms with E-state index in [2.05, 4.69) is 10.2 Å². The van der Waals surface area contributed by atoms with Crippen LogP contribution in [0, 0.1) is 10.1 Å². The summed E-state index contributed by atoms with van der Waals surface area (Å²) in [5.74, 6) is -0.218. The Bertz CT molecular complexity index is 760. The van der Waals surface area contributed by atoms with Crippen molar-refractivity contribution in [3.63, 3.8) is 0 Å². The molecule has 0 saturated carbocycles. The first-order valence-electron chi connectivity index (χ1n) is 8.83. The monoisotopic (exact) mass is 399 g/mol. The summed E-state index contributed by atoms with van der Waals surface area (Å²) < 4.78 is 26.5. The molecule has 1 amide bonds. The van der Waals surface area contributed by atoms with E-state index in [9.17, 15) is 23.3 Å². The van der Waals surface area contributed by atoms with Gasteiger partial charge in [0, 0.05) is 37.3 Å². The molecule has 1 aliphatic rings. The first kappa shape index (κ1) is 21.3. The second-order valence-electron chi connectivity index (χ2n) is 6.63. The van der Waals surface area contributed by atoms with Gasteiger partial charge in [-0.2, -0.15) is 8.42 Å². The van der Waals surface area contributed by atoms with Crippen molar-refractivity contribution in [1.29, 1.82) is 0 Å². The molecular formula is C17H25N3O6S. The van der Waals surface area contributed by atoms with Crippen LogP contribution in [-0.4, -0.2) is 62.7 Å². The molecular weight excluding hydrogens is 374 g/mol. The number of nitrogens with one attached hydrogen (secondary N) is 1. The first-order valence-corrected chi connectivity index (χ1v) is 10.6. The summed E-state index contributed by atoms with van der Waals surface area (Å²) in [5, 5.41) is 14.0. The molecule has 0 atom stereocenters. The molecule has 9 nitrogen and oxygen atoms in total. The third-order valence-electron chi connectivity index (χ3n) is 4.41. The molecule has 1 N–H and O–H groups in total. The third kappa shape index (κ3) is 7.61. The van der Waals surface area contributed by atoms with Crippen molar-refractivity contribution in [1.82, 2.24) is 10.2 Å². The predicted octanol–water partition coefficient (Wildman–Crippen LogP) is 1.08. The number of rotatable bonds is 9. The van der Waals surface area contributed by atoms with E-state index in [1.54, 1.807) is 18.2 Å². The maximum atomic E-state index is 12.2. The van der Waals surface area contributed by atoms with Gasteiger partial charge < -0.3 is 10.2 Å². The van der Waals surface area contributed by atoms with Gasteiger partial charge in [-0.3, -0.25) is 19.1 Å². The maximum absolute atomic E-state index is 12.2. The molecule has 1 fully saturated rings. The summed E-state index contributed by atoms with van der Waals surface area (Å²) in [6.07, 6.45) is 3.22. The van der Waals surface area contributed by atoms with Gasteiger partial charge in [0.2, 0.25) is 5.91 Å². The molecule has 0 spiro atoms. The lowest BCUT2D eigenvalue weighted by molar-refractivity contribution is -0.385. The number of hydrogen-bond acceptors (Lipinski definition) is 7. The zero-order valence-corrected chi connectivity index (χ0v) is 16.1. The van der Waals surface area contributed by atoms with Crippen LogP contribution in [0.4, 0.5) is 5.69 Å². The zero-order valence-electron chi connectivity index (χ0n) is 15.3. The Kier molecular flexibility index (Phi) is 7.69. The van der Waals surface area contributed by atoms with E-state index in [4.69, 9.17) is 4.18 Å². The lowest BCUT2D eigenvalue weighted by atomic mass is 10.0. The largest absolute Gasteiger partial charge is 0.353 e. The van der Waals surface area contributed by atoms with Crippen molar-refractivity contribution in [2.24, 2.45) is 0 Å². The Balaban J connectivity index is 1.71. The summed E-state index contributed by atoms with van der Waals surface area (Å²) >= 11 is 0. The molecule has 10 heteroatoms. The van der Waals surface area contributed by atoms with Crippen molar-refractivity contribution in [3.05, 3.63) is 39.9 Å². The van der Waals surface area contributed by atoms with Gasteiger partial charge in [-0.1, -0.05) is 18.2 Å². The van der Waals surface area contributed by atoms with E-state index in [1.165, 1.54) is 6.07 Å². The number of amides is 1. The average molecular weight is 399 g/mol. The lowest BCUT2D eigenvalue weighted by Gasteiger charge is -2.32. The number of carbonyl (C=O) groups is 1. The van der Waals surface area contributed by atoms with Crippen LogP contribution in [0.3, 0.4) is 0 Å². The fourth-order valence-electron chi connectivity index (χ4n) is 3.09. The van der Waals surface area contributed by atoms with Crippen LogP contribution in [0.5, 0.6) is 0 Å². The predicted molar refractivity (Wildman–Crippen MR) is 99.8 cm³/mol. The summed E-state index contributed by atoms with van der Waals surface area (Å²) in [6.45, 7) is 2.52. The average Bonchev–Trinajstić information content (AvgIpc) is 2.59. The minimum atomic E-state index is -3.39. The molecule has 0 radical (unpaired) electrons. The highest BCUT2D eigenvalue weighted by atomic mass is 32.2. The Morgan fingerprint density at radius 2 is 2.00 bits per heavy atom. The minimum Gasteiger partial charge on any atom is -0.353 e. The lowest BCUT2D eigenvalue weighted by Crippen LogP contribution is -2.45. The summed E-state index contributed by atoms with van der Waals surface area (Å²) in [5.41, 5.74) is 0.363. The number of hydrogen-bond donors (Lipinski definition) is 1. The van der Waals surface area contributed by atoms with Gasteiger partial charge in [0.15, 0.2) is 0 Å². The molecule has 1 aliphatic heterocycles. The van der Waals surface area contributed by atoms with Gasteiger partial charge in [-0.05, 0) is 19.3 Å². The first-order chi connectivity index (χ1) is 12.7. The van der Waals surface area contributed by atoms with Gasteiger partial charge in [0.1, 0.15) is 0 Å². The normalized spacial score (nSPS) is 16.2. The van der Waals surface area contributed by atoms with E-state index in [1.807, 2.05) is 0 Å². The van der Waals surface area contributed by atoms with Crippen molar-refractivity contribution in [2.75, 3.05) is 32.5 Å². The Morgan fingerprint density at radius 1 is 1.33 bits per heavy atom. The van der Waals surface area contributed by atoms with E-state index < -0.39 is 15.0 Å². The van der Waals surface area contributed by atoms with Crippen LogP contribution in [0.25, 0.3) is 0 Å². The zero-order chi connectivity index (χ0) is 19.9. The van der Waals surface area contributed by atoms with Gasteiger partial charge in [0.05, 0.1) is 24.2 Å². The highest BCUT2D eigenvalue weighted by Gasteiger charge is 2.22. The fourth-order valence-corrected chi connectivity index (χ4v) is 3.51. The number of carbonyl (C=O) groups excluding carboxylic acids is 1. The van der Waals surface area contributed by atoms with Crippen LogP contribution >= 0.6 is 0 Å². The number of para-hydroxylation sites is 1. The number of nitrogens with zero attached hydrogens (tertiary/aromatic N) is 2. The molecule has 1 saturated heterocycles. The van der Waals surface area contributed by atoms with E-state index in [0.717, 1.165) is 38.7 Å². The topological polar surface area (TPSA) is 119 Å². The highest BCUT2D eigenvalue weighted by Crippen LogP contribution is 2.18. The Morgan fingerprint density at radius 3 is 2.63 bits per heavy atom. The summed E-state index contributed by atoms with van der Waals surface area (Å²) in [6, 6.07) is 6.30. The standard InChI is InChI=1S/C17H25N3O6S/c1-27(24,25)26-12-4-9-19-10-7-15(8-11-19)18-17(21)13-14-5-2-3-6-16(14)20(22)23/h2-3,5-6,15H,4,7-13H2,1H3,(H,18,21). The quantitative estimate of drug-likeness (QED) is 0.286. The minimum absolute atomic E-state index is 0.0137. The molecule has 1 heterocycles. The van der Waals surface area contributed by atoms with Crippen LogP contribution < -0.4 is 5.32 Å². The number of nitro benzene ring substituents is 1. The van der Waals surface area contributed by atoms with Crippen LogP contribution in [0.15, 0.2) is 24.3 Å². The molecule has 0 aromatic heterocycles. The van der Waals surface area contributed by atoms with Crippen molar-refractivity contribution < 1.29 is 22.3 Å². The Hall–Kier alpha value is -2.04. The van der Waals surface area contributed by atoms with Crippen molar-refractivity contribution in [3.8, 4) is 0 Å². The molecule has 150 valence electrons. The van der Waals surface area contributed by atoms with Gasteiger partial charge in [-0.15, -0.1) is 0 Å². The van der Waals surface area contributed by atoms with Gasteiger partial charge >= 0.3 is 0 Å². The SMILES string of the molecule is CS(=O)(=O)OCCCN1CCC(NC(=O)Cc2ccccc2[N+](=O)[O-])CC1. The molecule has 1 aromatic carbocycles. The van der Waals surface area contributed by atoms with E-state index >= 15 is 0 Å². The van der Waals surface area contributed by atoms with Crippen LogP contribution in [0.1, 0.15) is 24.8 Å². The fraction of sp³-hybridized carbons (Fsp3) is 0.588. The molecule has 0 aliphatic carbocycles. The van der Waals surface area contributed by atoms with Crippen LogP contribution in [-0.2, 0) is 25.5 Å². The third-order valence-corrected chi connectivity index (χ3v) is 5.00. The summed E-state index contributed by atoms with van der Waals surface area (Å²) in [4.78, 5) is 25.0. The van der Waals surface area contributed by atoms with Crippen molar-refractivity contribution >= 4 is 21.7 Å². The number of nitro groups is 1. The van der Waals surface area contributed by atoms with Crippen LogP contribution in [0.2, 0.25) is 0 Å². The molecule has 0 bridgehead atoms. The number of likely N-dealkylation sites (tertiary alicyclic amines) is 1. The summed E-state index contributed by atoms with van der Waals surface area (Å²) in [7, 11) is -3.39. The van der Waals surface area contributed by atoms with Gasteiger partial charge in [-0.25, -0.2) is 0 Å². The van der Waals surface area contributed by atoms with Gasteiger partial charge in [0.25, 0.3) is 15.8 Å². The molecule has 2 rings (SSSR count). The second kappa shape index (κ2) is 9.77. The highest BCUT2D eigenvalue weighted by molar-refractivity contribution is 7.85. The molecule has 1 aromatic rings. The number of benzene rings is 1. The molecule has 27 heavy (non-hydrogen) atoms. The smallest absolute Gasteiger partial charge is 0.273 e. The molecule has 0 unspecified atom stereocenters. The maximum Gasteiger partial charge on any atom is 0.273 e. The van der Waals surface area contributed by atoms with E-state index in [-0.39, 0.29) is 30.7 Å².